The van der Waals surface area contributed by atoms with Gasteiger partial charge in [0.2, 0.25) is 5.91 Å². The second-order valence-corrected chi connectivity index (χ2v) is 8.42. The lowest BCUT2D eigenvalue weighted by atomic mass is 10.2. The maximum absolute atomic E-state index is 12.3. The van der Waals surface area contributed by atoms with Crippen LogP contribution in [0.4, 0.5) is 5.13 Å². The Bertz CT molecular complexity index is 1000. The number of rotatable bonds is 9. The highest BCUT2D eigenvalue weighted by molar-refractivity contribution is 7.22. The van der Waals surface area contributed by atoms with E-state index in [-0.39, 0.29) is 5.91 Å². The average Bonchev–Trinajstić information content (AvgIpc) is 3.19. The second kappa shape index (κ2) is 10.6. The molecule has 7 nitrogen and oxygen atoms in total. The summed E-state index contributed by atoms with van der Waals surface area (Å²) in [4.78, 5) is 19.2. The molecule has 8 heteroatoms. The number of hydrogen-bond donors (Lipinski definition) is 1. The molecule has 1 saturated heterocycles. The molecule has 2 heterocycles. The third kappa shape index (κ3) is 6.16. The van der Waals surface area contributed by atoms with Crippen LogP contribution in [0.1, 0.15) is 18.4 Å². The number of nitrogens with one attached hydrogen (secondary N) is 1. The van der Waals surface area contributed by atoms with Gasteiger partial charge >= 0.3 is 0 Å². The predicted molar refractivity (Wildman–Crippen MR) is 122 cm³/mol. The zero-order valence-corrected chi connectivity index (χ0v) is 18.5. The van der Waals surface area contributed by atoms with Crippen molar-refractivity contribution in [2.75, 3.05) is 45.3 Å². The first-order valence-corrected chi connectivity index (χ1v) is 11.3. The summed E-state index contributed by atoms with van der Waals surface area (Å²) in [7, 11) is 1.63. The van der Waals surface area contributed by atoms with Crippen LogP contribution in [-0.2, 0) is 16.1 Å². The lowest BCUT2D eigenvalue weighted by Crippen LogP contribution is -2.35. The van der Waals surface area contributed by atoms with Crippen molar-refractivity contribution in [1.29, 1.82) is 0 Å². The van der Waals surface area contributed by atoms with Gasteiger partial charge in [0.1, 0.15) is 11.5 Å². The molecule has 0 saturated carbocycles. The number of carbonyl (C=O) groups is 1. The minimum atomic E-state index is -0.0501. The van der Waals surface area contributed by atoms with Crippen molar-refractivity contribution in [3.63, 3.8) is 0 Å². The molecule has 1 aromatic heterocycles. The average molecular weight is 442 g/mol. The normalized spacial score (nSPS) is 14.5. The zero-order valence-electron chi connectivity index (χ0n) is 17.6. The topological polar surface area (TPSA) is 72.9 Å². The molecule has 0 aliphatic carbocycles. The van der Waals surface area contributed by atoms with Crippen molar-refractivity contribution in [1.82, 2.24) is 9.88 Å². The van der Waals surface area contributed by atoms with E-state index < -0.39 is 0 Å². The molecule has 2 aromatic carbocycles. The Kier molecular flexibility index (Phi) is 7.35. The van der Waals surface area contributed by atoms with Gasteiger partial charge in [0, 0.05) is 26.1 Å². The molecule has 0 spiro atoms. The van der Waals surface area contributed by atoms with E-state index in [1.54, 1.807) is 7.11 Å². The van der Waals surface area contributed by atoms with Crippen LogP contribution in [0.5, 0.6) is 11.5 Å². The first-order chi connectivity index (χ1) is 15.2. The standard InChI is InChI=1S/C23H27N3O4S/c1-28-18-5-7-19(8-6-18)30-12-2-3-22(27)25-23-24-20-9-4-17(15-21(20)31-23)16-26-10-13-29-14-11-26/h4-9,15H,2-3,10-14,16H2,1H3,(H,24,25,27). The van der Waals surface area contributed by atoms with Gasteiger partial charge < -0.3 is 19.5 Å². The molecule has 3 aromatic rings. The number of thiazole rings is 1. The number of carbonyl (C=O) groups excluding carboxylic acids is 1. The van der Waals surface area contributed by atoms with Crippen molar-refractivity contribution in [2.45, 2.75) is 19.4 Å². The summed E-state index contributed by atoms with van der Waals surface area (Å²) in [6.07, 6.45) is 1.01. The van der Waals surface area contributed by atoms with Crippen LogP contribution in [0, 0.1) is 0 Å². The summed E-state index contributed by atoms with van der Waals surface area (Å²) < 4.78 is 17.3. The minimum absolute atomic E-state index is 0.0501. The van der Waals surface area contributed by atoms with Gasteiger partial charge in [-0.05, 0) is 48.4 Å². The number of nitrogens with zero attached hydrogens (tertiary/aromatic N) is 2. The Balaban J connectivity index is 1.24. The molecule has 1 fully saturated rings. The highest BCUT2D eigenvalue weighted by Gasteiger charge is 2.12. The molecule has 164 valence electrons. The Labute approximate surface area is 185 Å². The van der Waals surface area contributed by atoms with E-state index >= 15 is 0 Å². The number of hydrogen-bond acceptors (Lipinski definition) is 7. The van der Waals surface area contributed by atoms with Gasteiger partial charge in [-0.25, -0.2) is 4.98 Å². The van der Waals surface area contributed by atoms with Crippen LogP contribution in [-0.4, -0.2) is 55.8 Å². The summed E-state index contributed by atoms with van der Waals surface area (Å²) >= 11 is 1.51. The molecule has 4 rings (SSSR count). The molecule has 1 aliphatic rings. The van der Waals surface area contributed by atoms with Gasteiger partial charge in [-0.1, -0.05) is 17.4 Å². The van der Waals surface area contributed by atoms with E-state index in [1.807, 2.05) is 30.3 Å². The third-order valence-corrected chi connectivity index (χ3v) is 6.02. The van der Waals surface area contributed by atoms with Crippen molar-refractivity contribution < 1.29 is 19.0 Å². The van der Waals surface area contributed by atoms with E-state index in [9.17, 15) is 4.79 Å². The molecule has 0 atom stereocenters. The van der Waals surface area contributed by atoms with E-state index in [1.165, 1.54) is 16.9 Å². The van der Waals surface area contributed by atoms with E-state index in [0.717, 1.165) is 54.6 Å². The Morgan fingerprint density at radius 2 is 1.94 bits per heavy atom. The van der Waals surface area contributed by atoms with Gasteiger partial charge in [0.05, 0.1) is 37.1 Å². The van der Waals surface area contributed by atoms with Crippen LogP contribution < -0.4 is 14.8 Å². The van der Waals surface area contributed by atoms with Gasteiger partial charge in [-0.2, -0.15) is 0 Å². The molecule has 0 unspecified atom stereocenters. The largest absolute Gasteiger partial charge is 0.497 e. The van der Waals surface area contributed by atoms with Gasteiger partial charge in [0.25, 0.3) is 0 Å². The van der Waals surface area contributed by atoms with E-state index in [2.05, 4.69) is 27.3 Å². The highest BCUT2D eigenvalue weighted by Crippen LogP contribution is 2.27. The number of ether oxygens (including phenoxy) is 3. The number of fused-ring (bicyclic) bond motifs is 1. The fraction of sp³-hybridized carbons (Fsp3) is 0.391. The maximum Gasteiger partial charge on any atom is 0.226 e. The molecular weight excluding hydrogens is 414 g/mol. The number of benzene rings is 2. The number of amides is 1. The van der Waals surface area contributed by atoms with Crippen LogP contribution in [0.25, 0.3) is 10.2 Å². The van der Waals surface area contributed by atoms with Gasteiger partial charge in [-0.3, -0.25) is 9.69 Å². The lowest BCUT2D eigenvalue weighted by molar-refractivity contribution is -0.116. The van der Waals surface area contributed by atoms with Gasteiger partial charge in [0.15, 0.2) is 5.13 Å². The van der Waals surface area contributed by atoms with Crippen molar-refractivity contribution in [2.24, 2.45) is 0 Å². The second-order valence-electron chi connectivity index (χ2n) is 7.39. The minimum Gasteiger partial charge on any atom is -0.497 e. The number of aromatic nitrogens is 1. The summed E-state index contributed by atoms with van der Waals surface area (Å²) in [5, 5.41) is 3.55. The Hall–Kier alpha value is -2.68. The van der Waals surface area contributed by atoms with Crippen molar-refractivity contribution in [3.05, 3.63) is 48.0 Å². The summed E-state index contributed by atoms with van der Waals surface area (Å²) in [5.74, 6) is 1.50. The van der Waals surface area contributed by atoms with E-state index in [0.29, 0.717) is 24.6 Å². The Morgan fingerprint density at radius 3 is 2.71 bits per heavy atom. The summed E-state index contributed by atoms with van der Waals surface area (Å²) in [5.41, 5.74) is 2.17. The maximum atomic E-state index is 12.3. The fourth-order valence-electron chi connectivity index (χ4n) is 3.41. The Morgan fingerprint density at radius 1 is 1.16 bits per heavy atom. The lowest BCUT2D eigenvalue weighted by Gasteiger charge is -2.26. The molecule has 1 amide bonds. The SMILES string of the molecule is COc1ccc(OCCCC(=O)Nc2nc3ccc(CN4CCOCC4)cc3s2)cc1. The smallest absolute Gasteiger partial charge is 0.226 e. The summed E-state index contributed by atoms with van der Waals surface area (Å²) in [6.45, 7) is 4.90. The van der Waals surface area contributed by atoms with E-state index in [4.69, 9.17) is 14.2 Å². The molecule has 0 bridgehead atoms. The number of methoxy groups -OCH3 is 1. The number of morpholine rings is 1. The quantitative estimate of drug-likeness (QED) is 0.507. The molecule has 1 aliphatic heterocycles. The monoisotopic (exact) mass is 441 g/mol. The van der Waals surface area contributed by atoms with Crippen LogP contribution in [0.2, 0.25) is 0 Å². The van der Waals surface area contributed by atoms with Crippen molar-refractivity contribution >= 4 is 32.6 Å². The first-order valence-electron chi connectivity index (χ1n) is 10.5. The predicted octanol–water partition coefficient (Wildman–Crippen LogP) is 3.93. The zero-order chi connectivity index (χ0) is 21.5. The first kappa shape index (κ1) is 21.5. The highest BCUT2D eigenvalue weighted by atomic mass is 32.1. The number of anilines is 1. The van der Waals surface area contributed by atoms with Crippen LogP contribution >= 0.6 is 11.3 Å². The third-order valence-electron chi connectivity index (χ3n) is 5.09. The summed E-state index contributed by atoms with van der Waals surface area (Å²) in [6, 6.07) is 13.7. The molecular formula is C23H27N3O4S. The molecule has 1 N–H and O–H groups in total. The molecule has 0 radical (unpaired) electrons. The molecule has 31 heavy (non-hydrogen) atoms. The van der Waals surface area contributed by atoms with Gasteiger partial charge in [-0.15, -0.1) is 0 Å². The van der Waals surface area contributed by atoms with Crippen LogP contribution in [0.3, 0.4) is 0 Å². The van der Waals surface area contributed by atoms with Crippen molar-refractivity contribution in [3.8, 4) is 11.5 Å². The fourth-order valence-corrected chi connectivity index (χ4v) is 4.36. The van der Waals surface area contributed by atoms with Crippen LogP contribution in [0.15, 0.2) is 42.5 Å².